The van der Waals surface area contributed by atoms with Crippen LogP contribution in [0.25, 0.3) is 43.8 Å². The molecule has 3 aliphatic rings. The van der Waals surface area contributed by atoms with Gasteiger partial charge in [-0.3, -0.25) is 0 Å². The van der Waals surface area contributed by atoms with Crippen LogP contribution >= 0.6 is 0 Å². The Hall–Kier alpha value is -6.64. The minimum Gasteiger partial charge on any atom is -0.311 e. The molecule has 376 valence electrons. The second kappa shape index (κ2) is 16.9. The summed E-state index contributed by atoms with van der Waals surface area (Å²) in [5.74, 6) is 0.469. The summed E-state index contributed by atoms with van der Waals surface area (Å²) >= 11 is 0. The highest BCUT2D eigenvalue weighted by atomic mass is 15.2. The van der Waals surface area contributed by atoms with E-state index in [0.717, 1.165) is 17.8 Å². The van der Waals surface area contributed by atoms with Gasteiger partial charge in [0.05, 0.1) is 0 Å². The van der Waals surface area contributed by atoms with E-state index in [2.05, 4.69) is 284 Å². The molecule has 1 unspecified atom stereocenters. The molecule has 0 amide bonds. The van der Waals surface area contributed by atoms with Crippen LogP contribution in [0.1, 0.15) is 156 Å². The molecule has 11 rings (SSSR count). The van der Waals surface area contributed by atoms with Crippen LogP contribution < -0.4 is 9.80 Å². The van der Waals surface area contributed by atoms with Gasteiger partial charge in [-0.15, -0.1) is 0 Å². The summed E-state index contributed by atoms with van der Waals surface area (Å²) in [7, 11) is 0. The Morgan fingerprint density at radius 2 is 0.797 bits per heavy atom. The first kappa shape index (κ1) is 49.6. The minimum absolute atomic E-state index is 0.0395. The summed E-state index contributed by atoms with van der Waals surface area (Å²) < 4.78 is 0. The van der Waals surface area contributed by atoms with Crippen molar-refractivity contribution in [2.24, 2.45) is 11.3 Å². The highest BCUT2D eigenvalue weighted by Gasteiger charge is 2.38. The maximum Gasteiger partial charge on any atom is 0.0468 e. The molecule has 74 heavy (non-hydrogen) atoms. The Labute approximate surface area is 443 Å². The third-order valence-electron chi connectivity index (χ3n) is 17.2. The maximum atomic E-state index is 2.55. The fraction of sp³-hybridized carbons (Fsp3) is 0.333. The van der Waals surface area contributed by atoms with Crippen molar-refractivity contribution in [3.63, 3.8) is 0 Å². The van der Waals surface area contributed by atoms with E-state index in [4.69, 9.17) is 0 Å². The second-order valence-electron chi connectivity index (χ2n) is 27.2. The lowest BCUT2D eigenvalue weighted by atomic mass is 9.74. The molecule has 0 heterocycles. The molecule has 8 aromatic carbocycles. The fourth-order valence-electron chi connectivity index (χ4n) is 13.2. The smallest absolute Gasteiger partial charge is 0.0468 e. The van der Waals surface area contributed by atoms with Crippen LogP contribution in [0.15, 0.2) is 170 Å². The average Bonchev–Trinajstić information content (AvgIpc) is 3.71. The van der Waals surface area contributed by atoms with E-state index in [1.54, 1.807) is 0 Å². The predicted octanol–water partition coefficient (Wildman–Crippen LogP) is 20.6. The van der Waals surface area contributed by atoms with Gasteiger partial charge in [0.15, 0.2) is 0 Å². The monoisotopic (exact) mass is 971 g/mol. The van der Waals surface area contributed by atoms with E-state index in [1.165, 1.54) is 106 Å². The number of benzene rings is 8. The van der Waals surface area contributed by atoms with Gasteiger partial charge >= 0.3 is 0 Å². The number of fused-ring (bicyclic) bond motifs is 8. The fourth-order valence-corrected chi connectivity index (χ4v) is 13.2. The molecule has 0 radical (unpaired) electrons. The first-order valence-corrected chi connectivity index (χ1v) is 27.4. The SMILES string of the molecule is CC(C)(C)c1ccc(N(c2ccc3c(c2)C(C)(C)c2ccccc2-3)c2ccc3c(C(C)(C)C)c4ccc(N(C5=CCC(C(C)(C)C)C=C5)c5ccc6c(c5)C(C)(C)c5ccccc5-6)cc4c(C(C)(C)C)c3c2)cc1. The summed E-state index contributed by atoms with van der Waals surface area (Å²) in [5, 5.41) is 5.27. The molecule has 0 N–H and O–H groups in total. The second-order valence-corrected chi connectivity index (χ2v) is 27.2. The van der Waals surface area contributed by atoms with E-state index in [9.17, 15) is 0 Å². The Morgan fingerprint density at radius 1 is 0.392 bits per heavy atom. The lowest BCUT2D eigenvalue weighted by Gasteiger charge is -2.35. The van der Waals surface area contributed by atoms with Crippen LogP contribution in [-0.4, -0.2) is 0 Å². The van der Waals surface area contributed by atoms with Crippen LogP contribution in [0.5, 0.6) is 0 Å². The van der Waals surface area contributed by atoms with Gasteiger partial charge in [0.2, 0.25) is 0 Å². The molecule has 3 aliphatic carbocycles. The average molecular weight is 971 g/mol. The molecule has 0 fully saturated rings. The van der Waals surface area contributed by atoms with Gasteiger partial charge < -0.3 is 9.80 Å². The quantitative estimate of drug-likeness (QED) is 0.153. The van der Waals surface area contributed by atoms with Gasteiger partial charge in [0, 0.05) is 45.0 Å². The zero-order valence-electron chi connectivity index (χ0n) is 47.3. The van der Waals surface area contributed by atoms with E-state index in [1.807, 2.05) is 0 Å². The highest BCUT2D eigenvalue weighted by molar-refractivity contribution is 6.10. The van der Waals surface area contributed by atoms with Crippen molar-refractivity contribution >= 4 is 50.0 Å². The van der Waals surface area contributed by atoms with E-state index >= 15 is 0 Å². The number of hydrogen-bond donors (Lipinski definition) is 0. The Morgan fingerprint density at radius 3 is 1.24 bits per heavy atom. The highest BCUT2D eigenvalue weighted by Crippen LogP contribution is 2.54. The van der Waals surface area contributed by atoms with E-state index in [0.29, 0.717) is 5.92 Å². The summed E-state index contributed by atoms with van der Waals surface area (Å²) in [6, 6.07) is 56.5. The van der Waals surface area contributed by atoms with Crippen molar-refractivity contribution in [1.29, 1.82) is 0 Å². The van der Waals surface area contributed by atoms with Crippen LogP contribution in [0.2, 0.25) is 0 Å². The van der Waals surface area contributed by atoms with Crippen molar-refractivity contribution in [2.45, 2.75) is 144 Å². The van der Waals surface area contributed by atoms with Crippen molar-refractivity contribution in [3.8, 4) is 22.3 Å². The van der Waals surface area contributed by atoms with Crippen molar-refractivity contribution in [2.75, 3.05) is 9.80 Å². The van der Waals surface area contributed by atoms with Crippen LogP contribution in [0.3, 0.4) is 0 Å². The lowest BCUT2D eigenvalue weighted by molar-refractivity contribution is 0.293. The molecular weight excluding hydrogens is 893 g/mol. The summed E-state index contributed by atoms with van der Waals surface area (Å²) in [6.07, 6.45) is 8.36. The Kier molecular flexibility index (Phi) is 11.3. The van der Waals surface area contributed by atoms with Crippen LogP contribution in [0.4, 0.5) is 28.4 Å². The third-order valence-corrected chi connectivity index (χ3v) is 17.2. The first-order valence-electron chi connectivity index (χ1n) is 27.4. The predicted molar refractivity (Wildman–Crippen MR) is 321 cm³/mol. The topological polar surface area (TPSA) is 6.48 Å². The van der Waals surface area contributed by atoms with E-state index in [-0.39, 0.29) is 32.5 Å². The molecule has 0 saturated carbocycles. The zero-order valence-corrected chi connectivity index (χ0v) is 47.3. The summed E-state index contributed by atoms with van der Waals surface area (Å²) in [4.78, 5) is 5.06. The largest absolute Gasteiger partial charge is 0.311 e. The molecule has 0 aromatic heterocycles. The number of allylic oxidation sites excluding steroid dienone is 3. The molecule has 2 heteroatoms. The molecule has 0 aliphatic heterocycles. The number of hydrogen-bond acceptors (Lipinski definition) is 2. The van der Waals surface area contributed by atoms with Crippen molar-refractivity contribution < 1.29 is 0 Å². The third kappa shape index (κ3) is 8.05. The minimum atomic E-state index is -0.204. The van der Waals surface area contributed by atoms with Crippen molar-refractivity contribution in [3.05, 3.63) is 208 Å². The Bertz CT molecular complexity index is 3620. The van der Waals surface area contributed by atoms with Gasteiger partial charge in [-0.1, -0.05) is 208 Å². The summed E-state index contributed by atoms with van der Waals surface area (Å²) in [5.41, 5.74) is 21.7. The zero-order chi connectivity index (χ0) is 52.7. The van der Waals surface area contributed by atoms with Gasteiger partial charge in [-0.25, -0.2) is 0 Å². The van der Waals surface area contributed by atoms with Crippen LogP contribution in [0, 0.1) is 11.3 Å². The molecule has 0 saturated heterocycles. The van der Waals surface area contributed by atoms with Gasteiger partial charge in [-0.05, 0) is 183 Å². The number of anilines is 5. The number of rotatable bonds is 6. The standard InChI is InChI=1S/C72H78N2/c1-67(2,3)45-25-29-47(30-26-45)73(51-33-37-55-53-21-17-19-23-61(53)71(13,14)63(55)43-51)49-35-39-57-59(41-49)66(70(10,11)12)60-42-50(36-40-58(60)65(57)69(7,8)9)74(48-31-27-46(28-32-48)68(4,5)6)52-34-38-56-54-22-18-20-24-62(54)72(15,16)64(56)44-52/h17-27,29-44,46H,28H2,1-16H3. The van der Waals surface area contributed by atoms with E-state index < -0.39 is 0 Å². The maximum absolute atomic E-state index is 2.55. The molecule has 0 spiro atoms. The van der Waals surface area contributed by atoms with Gasteiger partial charge in [-0.2, -0.15) is 0 Å². The molecule has 1 atom stereocenters. The lowest BCUT2D eigenvalue weighted by Crippen LogP contribution is -2.23. The Balaban J connectivity index is 1.15. The van der Waals surface area contributed by atoms with Crippen LogP contribution in [-0.2, 0) is 27.1 Å². The summed E-state index contributed by atoms with van der Waals surface area (Å²) in [6.45, 7) is 38.0. The van der Waals surface area contributed by atoms with Gasteiger partial charge in [0.25, 0.3) is 0 Å². The van der Waals surface area contributed by atoms with Gasteiger partial charge in [0.1, 0.15) is 0 Å². The normalized spacial score (nSPS) is 16.7. The first-order chi connectivity index (χ1) is 34.7. The molecule has 0 bridgehead atoms. The molecule has 2 nitrogen and oxygen atoms in total. The molecule has 8 aromatic rings. The number of nitrogens with zero attached hydrogens (tertiary/aromatic N) is 2. The molecular formula is C72H78N2. The van der Waals surface area contributed by atoms with Crippen molar-refractivity contribution in [1.82, 2.24) is 0 Å².